The standard InChI is InChI=1S/C9H9Cl3N2O4S/c10-4-1-5(11)8(6(12)2-4)19(17,18)14-3-7(15)9(13)16/h1-2,7,14-15H,3H2,(H2,13,16). The highest BCUT2D eigenvalue weighted by Gasteiger charge is 2.24. The van der Waals surface area contributed by atoms with E-state index in [-0.39, 0.29) is 15.1 Å². The molecule has 0 saturated heterocycles. The first-order valence-electron chi connectivity index (χ1n) is 4.76. The molecule has 0 aliphatic rings. The highest BCUT2D eigenvalue weighted by molar-refractivity contribution is 7.89. The SMILES string of the molecule is NC(=O)C(O)CNS(=O)(=O)c1c(Cl)cc(Cl)cc1Cl. The Labute approximate surface area is 124 Å². The van der Waals surface area contributed by atoms with Gasteiger partial charge < -0.3 is 10.8 Å². The Kier molecular flexibility index (Phi) is 5.43. The third-order valence-corrected chi connectivity index (χ3v) is 4.59. The number of primary amides is 1. The van der Waals surface area contributed by atoms with Crippen molar-refractivity contribution in [2.75, 3.05) is 6.54 Å². The summed E-state index contributed by atoms with van der Waals surface area (Å²) < 4.78 is 25.8. The fraction of sp³-hybridized carbons (Fsp3) is 0.222. The van der Waals surface area contributed by atoms with E-state index < -0.39 is 33.5 Å². The van der Waals surface area contributed by atoms with Gasteiger partial charge in [-0.15, -0.1) is 0 Å². The van der Waals surface area contributed by atoms with E-state index >= 15 is 0 Å². The van der Waals surface area contributed by atoms with E-state index in [2.05, 4.69) is 0 Å². The van der Waals surface area contributed by atoms with E-state index in [0.29, 0.717) is 0 Å². The molecule has 0 fully saturated rings. The lowest BCUT2D eigenvalue weighted by molar-refractivity contribution is -0.125. The molecule has 0 aromatic heterocycles. The molecule has 10 heteroatoms. The van der Waals surface area contributed by atoms with Crippen LogP contribution in [0.3, 0.4) is 0 Å². The van der Waals surface area contributed by atoms with Gasteiger partial charge in [-0.1, -0.05) is 34.8 Å². The normalized spacial score (nSPS) is 13.3. The Hall–Kier alpha value is -0.570. The van der Waals surface area contributed by atoms with Gasteiger partial charge in [-0.25, -0.2) is 13.1 Å². The van der Waals surface area contributed by atoms with E-state index in [9.17, 15) is 13.2 Å². The lowest BCUT2D eigenvalue weighted by Crippen LogP contribution is -2.40. The molecule has 1 aromatic rings. The lowest BCUT2D eigenvalue weighted by Gasteiger charge is -2.12. The number of amides is 1. The number of hydrogen-bond acceptors (Lipinski definition) is 4. The van der Waals surface area contributed by atoms with Crippen LogP contribution >= 0.6 is 34.8 Å². The highest BCUT2D eigenvalue weighted by Crippen LogP contribution is 2.32. The number of nitrogens with one attached hydrogen (secondary N) is 1. The third kappa shape index (κ3) is 4.20. The van der Waals surface area contributed by atoms with Gasteiger partial charge in [0.2, 0.25) is 15.9 Å². The van der Waals surface area contributed by atoms with Crippen LogP contribution in [-0.4, -0.2) is 32.1 Å². The molecule has 1 atom stereocenters. The number of rotatable bonds is 5. The highest BCUT2D eigenvalue weighted by atomic mass is 35.5. The first-order valence-corrected chi connectivity index (χ1v) is 7.38. The summed E-state index contributed by atoms with van der Waals surface area (Å²) in [4.78, 5) is 10.2. The Balaban J connectivity index is 3.05. The molecule has 0 saturated carbocycles. The third-order valence-electron chi connectivity index (χ3n) is 2.03. The summed E-state index contributed by atoms with van der Waals surface area (Å²) >= 11 is 17.2. The van der Waals surface area contributed by atoms with Crippen molar-refractivity contribution in [2.45, 2.75) is 11.0 Å². The van der Waals surface area contributed by atoms with Crippen molar-refractivity contribution in [3.63, 3.8) is 0 Å². The zero-order valence-electron chi connectivity index (χ0n) is 9.23. The molecule has 4 N–H and O–H groups in total. The second-order valence-corrected chi connectivity index (χ2v) is 6.42. The van der Waals surface area contributed by atoms with Gasteiger partial charge in [0.25, 0.3) is 0 Å². The molecular formula is C9H9Cl3N2O4S. The number of hydrogen-bond donors (Lipinski definition) is 3. The van der Waals surface area contributed by atoms with Gasteiger partial charge in [0.15, 0.2) is 0 Å². The van der Waals surface area contributed by atoms with Gasteiger partial charge >= 0.3 is 0 Å². The Morgan fingerprint density at radius 3 is 2.21 bits per heavy atom. The van der Waals surface area contributed by atoms with Crippen LogP contribution < -0.4 is 10.5 Å². The number of carbonyl (C=O) groups excluding carboxylic acids is 1. The molecule has 19 heavy (non-hydrogen) atoms. The van der Waals surface area contributed by atoms with Crippen LogP contribution in [0.15, 0.2) is 17.0 Å². The summed E-state index contributed by atoms with van der Waals surface area (Å²) in [5.74, 6) is -1.06. The largest absolute Gasteiger partial charge is 0.382 e. The van der Waals surface area contributed by atoms with Crippen LogP contribution in [0.4, 0.5) is 0 Å². The fourth-order valence-corrected chi connectivity index (χ4v) is 3.73. The second kappa shape index (κ2) is 6.25. The number of aliphatic hydroxyl groups excluding tert-OH is 1. The molecule has 0 bridgehead atoms. The number of aliphatic hydroxyl groups is 1. The molecule has 0 aliphatic heterocycles. The van der Waals surface area contributed by atoms with E-state index in [1.54, 1.807) is 0 Å². The average molecular weight is 348 g/mol. The van der Waals surface area contributed by atoms with Crippen molar-refractivity contribution >= 4 is 50.7 Å². The molecule has 1 amide bonds. The lowest BCUT2D eigenvalue weighted by atomic mass is 10.3. The molecule has 0 heterocycles. The maximum absolute atomic E-state index is 11.9. The molecule has 6 nitrogen and oxygen atoms in total. The number of carbonyl (C=O) groups is 1. The summed E-state index contributed by atoms with van der Waals surface area (Å²) in [7, 11) is -4.11. The number of nitrogens with two attached hydrogens (primary N) is 1. The number of halogens is 3. The Bertz CT molecular complexity index is 582. The first kappa shape index (κ1) is 16.5. The molecule has 1 rings (SSSR count). The number of sulfonamides is 1. The molecule has 1 aromatic carbocycles. The fourth-order valence-electron chi connectivity index (χ4n) is 1.15. The van der Waals surface area contributed by atoms with Crippen LogP contribution in [0.5, 0.6) is 0 Å². The molecule has 1 unspecified atom stereocenters. The maximum Gasteiger partial charge on any atom is 0.247 e. The maximum atomic E-state index is 11.9. The molecule has 0 aliphatic carbocycles. The summed E-state index contributed by atoms with van der Waals surface area (Å²) in [5.41, 5.74) is 4.79. The second-order valence-electron chi connectivity index (χ2n) is 3.47. The predicted octanol–water partition coefficient (Wildman–Crippen LogP) is 0.771. The minimum absolute atomic E-state index is 0.172. The first-order chi connectivity index (χ1) is 8.65. The quantitative estimate of drug-likeness (QED) is 0.731. The minimum Gasteiger partial charge on any atom is -0.382 e. The molecular weight excluding hydrogens is 339 g/mol. The Morgan fingerprint density at radius 2 is 1.79 bits per heavy atom. The van der Waals surface area contributed by atoms with Gasteiger partial charge in [-0.05, 0) is 12.1 Å². The predicted molar refractivity (Wildman–Crippen MR) is 71.9 cm³/mol. The van der Waals surface area contributed by atoms with Crippen molar-refractivity contribution in [1.82, 2.24) is 4.72 Å². The van der Waals surface area contributed by atoms with Crippen molar-refractivity contribution < 1.29 is 18.3 Å². The van der Waals surface area contributed by atoms with E-state index in [1.165, 1.54) is 12.1 Å². The van der Waals surface area contributed by atoms with Gasteiger partial charge in [0.1, 0.15) is 11.0 Å². The van der Waals surface area contributed by atoms with Crippen LogP contribution in [-0.2, 0) is 14.8 Å². The zero-order chi connectivity index (χ0) is 14.8. The van der Waals surface area contributed by atoms with Crippen molar-refractivity contribution in [2.24, 2.45) is 5.73 Å². The summed E-state index contributed by atoms with van der Waals surface area (Å²) in [6, 6.07) is 2.40. The van der Waals surface area contributed by atoms with Gasteiger partial charge in [0, 0.05) is 11.6 Å². The minimum atomic E-state index is -4.11. The van der Waals surface area contributed by atoms with Crippen LogP contribution in [0, 0.1) is 0 Å². The topological polar surface area (TPSA) is 109 Å². The van der Waals surface area contributed by atoms with E-state index in [4.69, 9.17) is 45.6 Å². The molecule has 0 radical (unpaired) electrons. The monoisotopic (exact) mass is 346 g/mol. The molecule has 0 spiro atoms. The van der Waals surface area contributed by atoms with Gasteiger partial charge in [-0.3, -0.25) is 4.79 Å². The van der Waals surface area contributed by atoms with Crippen LogP contribution in [0.1, 0.15) is 0 Å². The van der Waals surface area contributed by atoms with Crippen LogP contribution in [0.25, 0.3) is 0 Å². The summed E-state index contributed by atoms with van der Waals surface area (Å²) in [6.45, 7) is -0.590. The van der Waals surface area contributed by atoms with Gasteiger partial charge in [-0.2, -0.15) is 0 Å². The van der Waals surface area contributed by atoms with E-state index in [1.807, 2.05) is 4.72 Å². The van der Waals surface area contributed by atoms with Crippen molar-refractivity contribution in [1.29, 1.82) is 0 Å². The summed E-state index contributed by atoms with van der Waals surface area (Å²) in [5, 5.41) is 8.94. The zero-order valence-corrected chi connectivity index (χ0v) is 12.3. The Morgan fingerprint density at radius 1 is 1.32 bits per heavy atom. The van der Waals surface area contributed by atoms with Crippen LogP contribution in [0.2, 0.25) is 15.1 Å². The average Bonchev–Trinajstić information content (AvgIpc) is 2.23. The smallest absolute Gasteiger partial charge is 0.247 e. The number of benzene rings is 1. The van der Waals surface area contributed by atoms with E-state index in [0.717, 1.165) is 0 Å². The molecule has 106 valence electrons. The summed E-state index contributed by atoms with van der Waals surface area (Å²) in [6.07, 6.45) is -1.65. The van der Waals surface area contributed by atoms with Crippen molar-refractivity contribution in [3.8, 4) is 0 Å². The van der Waals surface area contributed by atoms with Crippen molar-refractivity contribution in [3.05, 3.63) is 27.2 Å². The van der Waals surface area contributed by atoms with Gasteiger partial charge in [0.05, 0.1) is 10.0 Å².